The Labute approximate surface area is 276 Å². The minimum atomic E-state index is -1.88. The Morgan fingerprint density at radius 2 is 1.41 bits per heavy atom. The fraction of sp³-hybridized carbons (Fsp3) is 0.500. The van der Waals surface area contributed by atoms with E-state index in [2.05, 4.69) is 51.8 Å². The molecule has 254 valence electrons. The van der Waals surface area contributed by atoms with Gasteiger partial charge in [0.15, 0.2) is 12.3 Å². The van der Waals surface area contributed by atoms with Gasteiger partial charge in [-0.2, -0.15) is 25.3 Å². The first-order valence-corrected chi connectivity index (χ1v) is 15.5. The van der Waals surface area contributed by atoms with Gasteiger partial charge >= 0.3 is 0 Å². The minimum absolute atomic E-state index is 0.000210. The van der Waals surface area contributed by atoms with Gasteiger partial charge in [0, 0.05) is 18.6 Å². The van der Waals surface area contributed by atoms with E-state index in [4.69, 9.17) is 11.5 Å². The van der Waals surface area contributed by atoms with Crippen molar-refractivity contribution in [2.75, 3.05) is 11.5 Å². The van der Waals surface area contributed by atoms with Crippen molar-refractivity contribution in [1.29, 1.82) is 0 Å². The molecular formula is C28H41N7O9S2. The van der Waals surface area contributed by atoms with Crippen LogP contribution in [0.5, 0.6) is 5.75 Å². The Bertz CT molecular complexity index is 1270. The molecule has 0 aliphatic heterocycles. The van der Waals surface area contributed by atoms with E-state index in [1.54, 1.807) is 26.0 Å². The third-order valence-electron chi connectivity index (χ3n) is 6.76. The zero-order valence-corrected chi connectivity index (χ0v) is 27.1. The van der Waals surface area contributed by atoms with E-state index in [1.165, 1.54) is 12.1 Å². The van der Waals surface area contributed by atoms with Crippen LogP contribution in [0.3, 0.4) is 0 Å². The molecule has 6 unspecified atom stereocenters. The minimum Gasteiger partial charge on any atom is -0.508 e. The maximum Gasteiger partial charge on any atom is 0.250 e. The number of hydrogen-bond acceptors (Lipinski definition) is 11. The number of phenols is 1. The molecule has 0 radical (unpaired) electrons. The van der Waals surface area contributed by atoms with E-state index >= 15 is 0 Å². The maximum absolute atomic E-state index is 13.4. The van der Waals surface area contributed by atoms with Crippen molar-refractivity contribution < 1.29 is 43.5 Å². The third-order valence-corrected chi connectivity index (χ3v) is 7.35. The van der Waals surface area contributed by atoms with Crippen molar-refractivity contribution in [3.05, 3.63) is 29.8 Å². The number of nitrogens with one attached hydrogen (secondary N) is 5. The Balaban J connectivity index is 3.16. The Morgan fingerprint density at radius 1 is 0.826 bits per heavy atom. The highest BCUT2D eigenvalue weighted by atomic mass is 32.1. The van der Waals surface area contributed by atoms with Gasteiger partial charge in [-0.25, -0.2) is 0 Å². The molecule has 6 atom stereocenters. The number of rotatable bonds is 20. The van der Waals surface area contributed by atoms with Gasteiger partial charge in [0.2, 0.25) is 35.4 Å². The molecule has 10 N–H and O–H groups in total. The second kappa shape index (κ2) is 19.9. The first-order chi connectivity index (χ1) is 21.7. The first-order valence-electron chi connectivity index (χ1n) is 14.2. The summed E-state index contributed by atoms with van der Waals surface area (Å²) in [6.45, 7) is 3.37. The lowest BCUT2D eigenvalue weighted by Gasteiger charge is -2.28. The Morgan fingerprint density at radius 3 is 1.91 bits per heavy atom. The number of amides is 7. The molecule has 0 saturated heterocycles. The molecule has 16 nitrogen and oxygen atoms in total. The molecule has 0 bridgehead atoms. The standard InChI is InChI=1S/C28H41N7O9S2/c1-3-14(2)23(35-26(42)17(31-22(39)8-9-45)10-15-4-6-16(37)7-5-15)28(44)33-19(12-36)27(43)32-18(11-21(29)38)25(41)34-20(13-46)24(30)40/h4-7,12,14,17-20,23,37,45-46H,3,8-11,13H2,1-2H3,(H2,29,38)(H2,30,40)(H,31,39)(H,32,43)(H,33,44)(H,34,41)(H,35,42). The fourth-order valence-electron chi connectivity index (χ4n) is 3.96. The van der Waals surface area contributed by atoms with Gasteiger partial charge in [0.1, 0.15) is 29.9 Å². The van der Waals surface area contributed by atoms with Crippen molar-refractivity contribution in [2.24, 2.45) is 17.4 Å². The van der Waals surface area contributed by atoms with Crippen molar-refractivity contribution >= 4 is 72.9 Å². The fourth-order valence-corrected chi connectivity index (χ4v) is 4.43. The predicted molar refractivity (Wildman–Crippen MR) is 172 cm³/mol. The number of aldehydes is 1. The zero-order valence-electron chi connectivity index (χ0n) is 25.4. The molecule has 18 heteroatoms. The summed E-state index contributed by atoms with van der Waals surface area (Å²) < 4.78 is 0. The van der Waals surface area contributed by atoms with Crippen LogP contribution in [0.15, 0.2) is 24.3 Å². The summed E-state index contributed by atoms with van der Waals surface area (Å²) >= 11 is 7.93. The Kier molecular flexibility index (Phi) is 17.2. The molecule has 1 aromatic carbocycles. The van der Waals surface area contributed by atoms with Crippen LogP contribution in [0.25, 0.3) is 0 Å². The van der Waals surface area contributed by atoms with Gasteiger partial charge < -0.3 is 48.0 Å². The summed E-state index contributed by atoms with van der Waals surface area (Å²) in [5.74, 6) is -6.79. The van der Waals surface area contributed by atoms with E-state index in [-0.39, 0.29) is 36.4 Å². The van der Waals surface area contributed by atoms with E-state index in [0.29, 0.717) is 12.0 Å². The average Bonchev–Trinajstić information content (AvgIpc) is 3.00. The zero-order chi connectivity index (χ0) is 35.0. The predicted octanol–water partition coefficient (Wildman–Crippen LogP) is -2.79. The van der Waals surface area contributed by atoms with Crippen LogP contribution in [0.1, 0.15) is 38.7 Å². The number of benzene rings is 1. The van der Waals surface area contributed by atoms with Crippen LogP contribution in [0.2, 0.25) is 0 Å². The summed E-state index contributed by atoms with van der Waals surface area (Å²) in [4.78, 5) is 99.6. The van der Waals surface area contributed by atoms with Crippen molar-refractivity contribution in [3.63, 3.8) is 0 Å². The highest BCUT2D eigenvalue weighted by Crippen LogP contribution is 2.13. The van der Waals surface area contributed by atoms with Crippen LogP contribution in [-0.4, -0.2) is 94.5 Å². The van der Waals surface area contributed by atoms with Gasteiger partial charge in [-0.05, 0) is 29.4 Å². The van der Waals surface area contributed by atoms with Crippen LogP contribution in [0, 0.1) is 5.92 Å². The van der Waals surface area contributed by atoms with Gasteiger partial charge in [0.25, 0.3) is 5.91 Å². The van der Waals surface area contributed by atoms with E-state index in [9.17, 15) is 43.5 Å². The summed E-state index contributed by atoms with van der Waals surface area (Å²) in [6, 6.07) is -1.25. The monoisotopic (exact) mass is 683 g/mol. The smallest absolute Gasteiger partial charge is 0.250 e. The average molecular weight is 684 g/mol. The lowest BCUT2D eigenvalue weighted by atomic mass is 9.96. The SMILES string of the molecule is CCC(C)C(NC(=O)C(Cc1ccc(O)cc1)NC(=O)CCS)C(=O)NC(C=O)C(=O)NC(CC(N)=O)C(=O)NC(CS)C(N)=O. The van der Waals surface area contributed by atoms with Crippen LogP contribution >= 0.6 is 25.3 Å². The Hall–Kier alpha value is -4.32. The summed E-state index contributed by atoms with van der Waals surface area (Å²) in [7, 11) is 0. The second-order valence-corrected chi connectivity index (χ2v) is 11.1. The number of primary amides is 2. The van der Waals surface area contributed by atoms with Crippen molar-refractivity contribution in [2.45, 2.75) is 69.7 Å². The second-order valence-electron chi connectivity index (χ2n) is 10.3. The van der Waals surface area contributed by atoms with Crippen LogP contribution in [-0.2, 0) is 44.8 Å². The molecule has 0 aliphatic rings. The van der Waals surface area contributed by atoms with Crippen LogP contribution < -0.4 is 38.1 Å². The molecule has 1 aromatic rings. The van der Waals surface area contributed by atoms with E-state index < -0.39 is 83.9 Å². The number of nitrogens with two attached hydrogens (primary N) is 2. The van der Waals surface area contributed by atoms with E-state index in [0.717, 1.165) is 0 Å². The molecule has 0 aromatic heterocycles. The largest absolute Gasteiger partial charge is 0.508 e. The number of aromatic hydroxyl groups is 1. The summed E-state index contributed by atoms with van der Waals surface area (Å²) in [5.41, 5.74) is 11.0. The molecule has 0 heterocycles. The quantitative estimate of drug-likeness (QED) is 0.0386. The number of carbonyl (C=O) groups is 8. The van der Waals surface area contributed by atoms with Crippen molar-refractivity contribution in [3.8, 4) is 5.75 Å². The molecule has 7 amide bonds. The highest BCUT2D eigenvalue weighted by Gasteiger charge is 2.34. The molecule has 0 fully saturated rings. The lowest BCUT2D eigenvalue weighted by Crippen LogP contribution is -2.61. The summed E-state index contributed by atoms with van der Waals surface area (Å²) in [6.07, 6.45) is -0.250. The molecule has 0 spiro atoms. The summed E-state index contributed by atoms with van der Waals surface area (Å²) in [5, 5.41) is 21.3. The molecule has 0 aliphatic carbocycles. The first kappa shape index (κ1) is 39.7. The van der Waals surface area contributed by atoms with Gasteiger partial charge in [-0.3, -0.25) is 33.6 Å². The van der Waals surface area contributed by atoms with Gasteiger partial charge in [-0.1, -0.05) is 32.4 Å². The number of phenolic OH excluding ortho intramolecular Hbond substituents is 1. The number of thiol groups is 2. The third kappa shape index (κ3) is 13.4. The van der Waals surface area contributed by atoms with Gasteiger partial charge in [-0.15, -0.1) is 0 Å². The highest BCUT2D eigenvalue weighted by molar-refractivity contribution is 7.80. The molecule has 0 saturated carbocycles. The maximum atomic E-state index is 13.4. The normalized spacial score (nSPS) is 14.6. The topological polar surface area (TPSA) is 269 Å². The van der Waals surface area contributed by atoms with Gasteiger partial charge in [0.05, 0.1) is 6.42 Å². The molecule has 1 rings (SSSR count). The van der Waals surface area contributed by atoms with E-state index in [1.807, 2.05) is 0 Å². The number of carbonyl (C=O) groups excluding carboxylic acids is 8. The molecular weight excluding hydrogens is 642 g/mol. The number of hydrogen-bond donors (Lipinski definition) is 10. The lowest BCUT2D eigenvalue weighted by molar-refractivity contribution is -0.137. The van der Waals surface area contributed by atoms with Crippen LogP contribution in [0.4, 0.5) is 0 Å². The van der Waals surface area contributed by atoms with Crippen molar-refractivity contribution in [1.82, 2.24) is 26.6 Å². The molecule has 46 heavy (non-hydrogen) atoms.